The van der Waals surface area contributed by atoms with Crippen molar-refractivity contribution in [1.29, 1.82) is 0 Å². The highest BCUT2D eigenvalue weighted by molar-refractivity contribution is 9.10. The molecular weight excluding hydrogens is 657 g/mol. The van der Waals surface area contributed by atoms with Crippen molar-refractivity contribution >= 4 is 43.5 Å². The zero-order chi connectivity index (χ0) is 32.8. The maximum Gasteiger partial charge on any atom is 0.264 e. The Bertz CT molecular complexity index is 1740. The maximum atomic E-state index is 15.0. The van der Waals surface area contributed by atoms with Crippen LogP contribution in [0.1, 0.15) is 37.5 Å². The minimum atomic E-state index is -4.24. The lowest BCUT2D eigenvalue weighted by Gasteiger charge is -2.35. The topological polar surface area (TPSA) is 86.8 Å². The fourth-order valence-corrected chi connectivity index (χ4v) is 6.61. The summed E-state index contributed by atoms with van der Waals surface area (Å²) in [6.07, 6.45) is 0.130. The highest BCUT2D eigenvalue weighted by Gasteiger charge is 2.36. The smallest absolute Gasteiger partial charge is 0.264 e. The van der Waals surface area contributed by atoms with Crippen molar-refractivity contribution in [2.75, 3.05) is 10.8 Å². The van der Waals surface area contributed by atoms with Gasteiger partial charge in [0.05, 0.1) is 10.6 Å². The standard InChI is InChI=1S/C35H37BrFN3O4S/c1-25-17-19-30(20-18-25)45(43,44)40(29-15-10-14-28(36)22-29)24-33(41)39(23-27-13-8-9-16-31(27)37)32(34(42)38-35(2,3)4)21-26-11-6-5-7-12-26/h5-20,22,32H,21,23-24H2,1-4H3,(H,38,42)/t32-/m0/s1. The number of halogens is 2. The van der Waals surface area contributed by atoms with Crippen molar-refractivity contribution in [2.45, 2.75) is 57.1 Å². The molecule has 0 bridgehead atoms. The summed E-state index contributed by atoms with van der Waals surface area (Å²) in [5, 5.41) is 2.96. The van der Waals surface area contributed by atoms with Crippen LogP contribution in [0.25, 0.3) is 0 Å². The first kappa shape index (κ1) is 33.9. The molecule has 0 heterocycles. The third-order valence-electron chi connectivity index (χ3n) is 7.05. The van der Waals surface area contributed by atoms with Crippen molar-refractivity contribution in [1.82, 2.24) is 10.2 Å². The van der Waals surface area contributed by atoms with E-state index in [4.69, 9.17) is 0 Å². The van der Waals surface area contributed by atoms with Gasteiger partial charge in [0.25, 0.3) is 10.0 Å². The molecule has 0 fully saturated rings. The number of nitrogens with zero attached hydrogens (tertiary/aromatic N) is 2. The van der Waals surface area contributed by atoms with E-state index in [1.807, 2.05) is 58.0 Å². The van der Waals surface area contributed by atoms with E-state index in [9.17, 15) is 18.0 Å². The zero-order valence-electron chi connectivity index (χ0n) is 25.7. The Hall–Kier alpha value is -4.02. The third kappa shape index (κ3) is 9.02. The zero-order valence-corrected chi connectivity index (χ0v) is 28.1. The molecule has 0 saturated carbocycles. The number of rotatable bonds is 11. The number of carbonyl (C=O) groups is 2. The minimum Gasteiger partial charge on any atom is -0.350 e. The Kier molecular flexibility index (Phi) is 10.8. The quantitative estimate of drug-likeness (QED) is 0.191. The van der Waals surface area contributed by atoms with Crippen LogP contribution in [0.5, 0.6) is 0 Å². The van der Waals surface area contributed by atoms with Gasteiger partial charge in [-0.3, -0.25) is 13.9 Å². The van der Waals surface area contributed by atoms with Gasteiger partial charge in [-0.05, 0) is 69.7 Å². The summed E-state index contributed by atoms with van der Waals surface area (Å²) in [5.41, 5.74) is 1.49. The lowest BCUT2D eigenvalue weighted by Crippen LogP contribution is -2.56. The highest BCUT2D eigenvalue weighted by Crippen LogP contribution is 2.28. The first-order chi connectivity index (χ1) is 21.2. The molecule has 2 amide bonds. The van der Waals surface area contributed by atoms with Crippen LogP contribution >= 0.6 is 15.9 Å². The predicted molar refractivity (Wildman–Crippen MR) is 179 cm³/mol. The van der Waals surface area contributed by atoms with Gasteiger partial charge in [-0.25, -0.2) is 12.8 Å². The van der Waals surface area contributed by atoms with Crippen LogP contribution in [0.15, 0.2) is 112 Å². The van der Waals surface area contributed by atoms with Gasteiger partial charge in [-0.15, -0.1) is 0 Å². The summed E-state index contributed by atoms with van der Waals surface area (Å²) in [6.45, 7) is 6.46. The highest BCUT2D eigenvalue weighted by atomic mass is 79.9. The molecule has 4 aromatic carbocycles. The van der Waals surface area contributed by atoms with Crippen molar-refractivity contribution in [3.8, 4) is 0 Å². The van der Waals surface area contributed by atoms with E-state index in [1.54, 1.807) is 54.6 Å². The second-order valence-electron chi connectivity index (χ2n) is 11.9. The van der Waals surface area contributed by atoms with Gasteiger partial charge in [-0.1, -0.05) is 88.2 Å². The van der Waals surface area contributed by atoms with Crippen molar-refractivity contribution in [3.63, 3.8) is 0 Å². The SMILES string of the molecule is Cc1ccc(S(=O)(=O)N(CC(=O)N(Cc2ccccc2F)[C@@H](Cc2ccccc2)C(=O)NC(C)(C)C)c2cccc(Br)c2)cc1. The molecule has 1 atom stereocenters. The van der Waals surface area contributed by atoms with Crippen LogP contribution in [0.2, 0.25) is 0 Å². The predicted octanol–water partition coefficient (Wildman–Crippen LogP) is 6.65. The molecule has 7 nitrogen and oxygen atoms in total. The number of sulfonamides is 1. The number of hydrogen-bond donors (Lipinski definition) is 1. The van der Waals surface area contributed by atoms with E-state index >= 15 is 4.39 Å². The third-order valence-corrected chi connectivity index (χ3v) is 9.33. The molecule has 4 rings (SSSR count). The van der Waals surface area contributed by atoms with Crippen molar-refractivity contribution in [3.05, 3.63) is 130 Å². The Balaban J connectivity index is 1.83. The number of anilines is 1. The Morgan fingerprint density at radius 1 is 0.889 bits per heavy atom. The maximum absolute atomic E-state index is 15.0. The second kappa shape index (κ2) is 14.4. The van der Waals surface area contributed by atoms with Gasteiger partial charge in [0.1, 0.15) is 18.4 Å². The number of aryl methyl sites for hydroxylation is 1. The van der Waals surface area contributed by atoms with Crippen LogP contribution < -0.4 is 9.62 Å². The van der Waals surface area contributed by atoms with Crippen LogP contribution in [0.3, 0.4) is 0 Å². The van der Waals surface area contributed by atoms with E-state index in [1.165, 1.54) is 23.1 Å². The summed E-state index contributed by atoms with van der Waals surface area (Å²) in [6, 6.07) is 27.1. The largest absolute Gasteiger partial charge is 0.350 e. The molecule has 0 aliphatic carbocycles. The van der Waals surface area contributed by atoms with E-state index in [2.05, 4.69) is 21.2 Å². The Morgan fingerprint density at radius 2 is 1.53 bits per heavy atom. The van der Waals surface area contributed by atoms with E-state index < -0.39 is 45.8 Å². The molecule has 0 unspecified atom stereocenters. The van der Waals surface area contributed by atoms with Gasteiger partial charge in [0.15, 0.2) is 0 Å². The van der Waals surface area contributed by atoms with Crippen molar-refractivity contribution in [2.24, 2.45) is 0 Å². The van der Waals surface area contributed by atoms with Gasteiger partial charge >= 0.3 is 0 Å². The van der Waals surface area contributed by atoms with E-state index in [0.717, 1.165) is 15.4 Å². The number of carbonyl (C=O) groups excluding carboxylic acids is 2. The number of amides is 2. The summed E-state index contributed by atoms with van der Waals surface area (Å²) in [7, 11) is -4.24. The Morgan fingerprint density at radius 3 is 2.16 bits per heavy atom. The van der Waals surface area contributed by atoms with Crippen LogP contribution in [0.4, 0.5) is 10.1 Å². The molecule has 1 N–H and O–H groups in total. The van der Waals surface area contributed by atoms with E-state index in [0.29, 0.717) is 4.47 Å². The molecule has 45 heavy (non-hydrogen) atoms. The summed E-state index contributed by atoms with van der Waals surface area (Å²) >= 11 is 3.41. The van der Waals surface area contributed by atoms with Gasteiger partial charge in [0.2, 0.25) is 11.8 Å². The van der Waals surface area contributed by atoms with Crippen LogP contribution in [-0.4, -0.2) is 43.3 Å². The first-order valence-electron chi connectivity index (χ1n) is 14.5. The summed E-state index contributed by atoms with van der Waals surface area (Å²) in [5.74, 6) is -1.65. The molecule has 0 spiro atoms. The summed E-state index contributed by atoms with van der Waals surface area (Å²) in [4.78, 5) is 29.7. The number of nitrogens with one attached hydrogen (secondary N) is 1. The van der Waals surface area contributed by atoms with E-state index in [-0.39, 0.29) is 29.1 Å². The average Bonchev–Trinajstić information content (AvgIpc) is 2.98. The lowest BCUT2D eigenvalue weighted by atomic mass is 10.0. The van der Waals surface area contributed by atoms with Gasteiger partial charge in [-0.2, -0.15) is 0 Å². The second-order valence-corrected chi connectivity index (χ2v) is 14.6. The number of hydrogen-bond acceptors (Lipinski definition) is 4. The van der Waals surface area contributed by atoms with Gasteiger partial charge < -0.3 is 10.2 Å². The van der Waals surface area contributed by atoms with Gasteiger partial charge in [0, 0.05) is 28.5 Å². The average molecular weight is 695 g/mol. The Labute approximate surface area is 273 Å². The molecule has 4 aromatic rings. The molecule has 0 radical (unpaired) electrons. The lowest BCUT2D eigenvalue weighted by molar-refractivity contribution is -0.140. The molecular formula is C35H37BrFN3O4S. The monoisotopic (exact) mass is 693 g/mol. The molecule has 0 aliphatic rings. The fraction of sp³-hybridized carbons (Fsp3) is 0.257. The van der Waals surface area contributed by atoms with Crippen LogP contribution in [-0.2, 0) is 32.6 Å². The molecule has 10 heteroatoms. The number of benzene rings is 4. The normalized spacial score (nSPS) is 12.3. The first-order valence-corrected chi connectivity index (χ1v) is 16.7. The summed E-state index contributed by atoms with van der Waals surface area (Å²) < 4.78 is 44.9. The molecule has 0 aliphatic heterocycles. The van der Waals surface area contributed by atoms with Crippen LogP contribution in [0, 0.1) is 12.7 Å². The van der Waals surface area contributed by atoms with Crippen molar-refractivity contribution < 1.29 is 22.4 Å². The molecule has 0 aromatic heterocycles. The molecule has 0 saturated heterocycles. The fourth-order valence-electron chi connectivity index (χ4n) is 4.81. The minimum absolute atomic E-state index is 0.00726. The molecule has 236 valence electrons.